The minimum atomic E-state index is -3.71. The van der Waals surface area contributed by atoms with Gasteiger partial charge in [0, 0.05) is 20.6 Å². The van der Waals surface area contributed by atoms with E-state index >= 15 is 0 Å². The summed E-state index contributed by atoms with van der Waals surface area (Å²) in [6, 6.07) is -0.534. The summed E-state index contributed by atoms with van der Waals surface area (Å²) < 4.78 is 33.7. The fraction of sp³-hybridized carbons (Fsp3) is 0.700. The van der Waals surface area contributed by atoms with Gasteiger partial charge in [-0.1, -0.05) is 0 Å². The van der Waals surface area contributed by atoms with E-state index in [4.69, 9.17) is 0 Å². The Morgan fingerprint density at radius 1 is 1.60 bits per heavy atom. The van der Waals surface area contributed by atoms with Crippen LogP contribution in [0.4, 0.5) is 0 Å². The van der Waals surface area contributed by atoms with Crippen LogP contribution in [-0.4, -0.2) is 54.2 Å². The molecule has 0 spiro atoms. The highest BCUT2D eigenvalue weighted by molar-refractivity contribution is 7.87. The molecule has 0 radical (unpaired) electrons. The SMILES string of the molecule is COC(=O)CCN(C)S(=O)(=O)NC(C)c1nncn1C. The number of hydrogen-bond acceptors (Lipinski definition) is 6. The number of ether oxygens (including phenoxy) is 1. The third-order valence-corrected chi connectivity index (χ3v) is 4.38. The molecule has 1 aromatic rings. The van der Waals surface area contributed by atoms with Crippen molar-refractivity contribution in [3.63, 3.8) is 0 Å². The molecule has 9 nitrogen and oxygen atoms in total. The van der Waals surface area contributed by atoms with E-state index in [2.05, 4.69) is 19.7 Å². The zero-order valence-corrected chi connectivity index (χ0v) is 12.7. The lowest BCUT2D eigenvalue weighted by Gasteiger charge is -2.20. The maximum Gasteiger partial charge on any atom is 0.306 e. The Bertz CT molecular complexity index is 556. The Morgan fingerprint density at radius 2 is 2.25 bits per heavy atom. The Kier molecular flexibility index (Phi) is 5.60. The molecular weight excluding hydrogens is 286 g/mol. The van der Waals surface area contributed by atoms with Crippen molar-refractivity contribution in [3.05, 3.63) is 12.2 Å². The van der Waals surface area contributed by atoms with Gasteiger partial charge in [0.25, 0.3) is 10.2 Å². The van der Waals surface area contributed by atoms with Gasteiger partial charge in [0.1, 0.15) is 6.33 Å². The molecule has 1 aromatic heterocycles. The fourth-order valence-corrected chi connectivity index (χ4v) is 2.59. The molecule has 0 aliphatic carbocycles. The summed E-state index contributed by atoms with van der Waals surface area (Å²) in [6.07, 6.45) is 1.48. The van der Waals surface area contributed by atoms with Crippen LogP contribution in [0.5, 0.6) is 0 Å². The fourth-order valence-electron chi connectivity index (χ4n) is 1.52. The Morgan fingerprint density at radius 3 is 2.75 bits per heavy atom. The number of carbonyl (C=O) groups excluding carboxylic acids is 1. The second-order valence-electron chi connectivity index (χ2n) is 4.29. The average Bonchev–Trinajstić information content (AvgIpc) is 2.81. The van der Waals surface area contributed by atoms with Crippen LogP contribution in [0, 0.1) is 0 Å². The molecular formula is C10H19N5O4S. The predicted molar refractivity (Wildman–Crippen MR) is 70.7 cm³/mol. The van der Waals surface area contributed by atoms with E-state index in [9.17, 15) is 13.2 Å². The van der Waals surface area contributed by atoms with Crippen molar-refractivity contribution < 1.29 is 17.9 Å². The summed E-state index contributed by atoms with van der Waals surface area (Å²) in [5, 5.41) is 7.53. The topological polar surface area (TPSA) is 106 Å². The highest BCUT2D eigenvalue weighted by Gasteiger charge is 2.23. The van der Waals surface area contributed by atoms with Gasteiger partial charge in [-0.15, -0.1) is 10.2 Å². The summed E-state index contributed by atoms with van der Waals surface area (Å²) in [6.45, 7) is 1.70. The van der Waals surface area contributed by atoms with Crippen molar-refractivity contribution >= 4 is 16.2 Å². The third kappa shape index (κ3) is 4.25. The van der Waals surface area contributed by atoms with Crippen LogP contribution < -0.4 is 4.72 Å². The lowest BCUT2D eigenvalue weighted by molar-refractivity contribution is -0.140. The summed E-state index contributed by atoms with van der Waals surface area (Å²) >= 11 is 0. The standard InChI is InChI=1S/C10H19N5O4S/c1-8(10-12-11-7-14(10)2)13-20(17,18)15(3)6-5-9(16)19-4/h7-8,13H,5-6H2,1-4H3. The van der Waals surface area contributed by atoms with Crippen LogP contribution in [0.25, 0.3) is 0 Å². The number of aryl methyl sites for hydroxylation is 1. The highest BCUT2D eigenvalue weighted by Crippen LogP contribution is 2.10. The molecule has 0 aliphatic heterocycles. The predicted octanol–water partition coefficient (Wildman–Crippen LogP) is -0.795. The molecule has 0 bridgehead atoms. The summed E-state index contributed by atoms with van der Waals surface area (Å²) in [7, 11) is 0.650. The van der Waals surface area contributed by atoms with E-state index in [1.54, 1.807) is 18.5 Å². The zero-order chi connectivity index (χ0) is 15.3. The molecule has 114 valence electrons. The van der Waals surface area contributed by atoms with Crippen molar-refractivity contribution in [3.8, 4) is 0 Å². The first kappa shape index (κ1) is 16.5. The second-order valence-corrected chi connectivity index (χ2v) is 6.10. The number of hydrogen-bond donors (Lipinski definition) is 1. The lowest BCUT2D eigenvalue weighted by Crippen LogP contribution is -2.41. The van der Waals surface area contributed by atoms with E-state index in [0.717, 1.165) is 4.31 Å². The molecule has 10 heteroatoms. The summed E-state index contributed by atoms with van der Waals surface area (Å²) in [5.74, 6) is 0.0309. The van der Waals surface area contributed by atoms with Gasteiger partial charge in [0.05, 0.1) is 19.6 Å². The van der Waals surface area contributed by atoms with Crippen LogP contribution in [0.3, 0.4) is 0 Å². The lowest BCUT2D eigenvalue weighted by atomic mass is 10.3. The number of esters is 1. The van der Waals surface area contributed by atoms with Crippen LogP contribution in [-0.2, 0) is 26.8 Å². The number of carbonyl (C=O) groups is 1. The molecule has 0 aliphatic rings. The minimum absolute atomic E-state index is 0.00769. The van der Waals surface area contributed by atoms with Gasteiger partial charge < -0.3 is 9.30 Å². The van der Waals surface area contributed by atoms with Crippen LogP contribution >= 0.6 is 0 Å². The van der Waals surface area contributed by atoms with E-state index in [-0.39, 0.29) is 13.0 Å². The molecule has 1 unspecified atom stereocenters. The zero-order valence-electron chi connectivity index (χ0n) is 11.9. The van der Waals surface area contributed by atoms with Crippen molar-refractivity contribution in [2.75, 3.05) is 20.7 Å². The van der Waals surface area contributed by atoms with Gasteiger partial charge in [-0.3, -0.25) is 4.79 Å². The molecule has 0 saturated heterocycles. The first-order valence-corrected chi connectivity index (χ1v) is 7.36. The number of rotatable bonds is 7. The van der Waals surface area contributed by atoms with E-state index in [1.807, 2.05) is 0 Å². The first-order valence-electron chi connectivity index (χ1n) is 5.92. The molecule has 1 atom stereocenters. The Balaban J connectivity index is 2.65. The normalized spacial score (nSPS) is 13.4. The number of nitrogens with zero attached hydrogens (tertiary/aromatic N) is 4. The van der Waals surface area contributed by atoms with Crippen molar-refractivity contribution in [2.45, 2.75) is 19.4 Å². The minimum Gasteiger partial charge on any atom is -0.469 e. The number of methoxy groups -OCH3 is 1. The quantitative estimate of drug-likeness (QED) is 0.661. The molecule has 1 heterocycles. The van der Waals surface area contributed by atoms with E-state index < -0.39 is 22.2 Å². The molecule has 1 N–H and O–H groups in total. The molecule has 1 rings (SSSR count). The molecule has 20 heavy (non-hydrogen) atoms. The third-order valence-electron chi connectivity index (χ3n) is 2.73. The van der Waals surface area contributed by atoms with Crippen LogP contribution in [0.15, 0.2) is 6.33 Å². The van der Waals surface area contributed by atoms with Gasteiger partial charge >= 0.3 is 5.97 Å². The summed E-state index contributed by atoms with van der Waals surface area (Å²) in [5.41, 5.74) is 0. The maximum atomic E-state index is 12.1. The monoisotopic (exact) mass is 305 g/mol. The molecule has 0 amide bonds. The van der Waals surface area contributed by atoms with Gasteiger partial charge in [-0.05, 0) is 6.92 Å². The summed E-state index contributed by atoms with van der Waals surface area (Å²) in [4.78, 5) is 11.0. The first-order chi connectivity index (χ1) is 9.27. The van der Waals surface area contributed by atoms with Crippen molar-refractivity contribution in [1.29, 1.82) is 0 Å². The van der Waals surface area contributed by atoms with Crippen LogP contribution in [0.1, 0.15) is 25.2 Å². The van der Waals surface area contributed by atoms with E-state index in [0.29, 0.717) is 5.82 Å². The average molecular weight is 305 g/mol. The Labute approximate surface area is 118 Å². The number of nitrogens with one attached hydrogen (secondary N) is 1. The molecule has 0 saturated carbocycles. The van der Waals surface area contributed by atoms with Crippen molar-refractivity contribution in [1.82, 2.24) is 23.8 Å². The van der Waals surface area contributed by atoms with Gasteiger partial charge in [-0.2, -0.15) is 17.4 Å². The largest absolute Gasteiger partial charge is 0.469 e. The highest BCUT2D eigenvalue weighted by atomic mass is 32.2. The van der Waals surface area contributed by atoms with Crippen LogP contribution in [0.2, 0.25) is 0 Å². The van der Waals surface area contributed by atoms with Gasteiger partial charge in [-0.25, -0.2) is 0 Å². The number of aromatic nitrogens is 3. The smallest absolute Gasteiger partial charge is 0.306 e. The van der Waals surface area contributed by atoms with E-state index in [1.165, 1.54) is 20.5 Å². The molecule has 0 fully saturated rings. The van der Waals surface area contributed by atoms with Gasteiger partial charge in [0.2, 0.25) is 0 Å². The molecule has 0 aromatic carbocycles. The second kappa shape index (κ2) is 6.77. The van der Waals surface area contributed by atoms with Gasteiger partial charge in [0.15, 0.2) is 5.82 Å². The maximum absolute atomic E-state index is 12.1. The van der Waals surface area contributed by atoms with Crippen molar-refractivity contribution in [2.24, 2.45) is 7.05 Å². The Hall–Kier alpha value is -1.52.